The second-order valence-electron chi connectivity index (χ2n) is 8.60. The molecule has 7 nitrogen and oxygen atoms in total. The van der Waals surface area contributed by atoms with Gasteiger partial charge >= 0.3 is 5.97 Å². The van der Waals surface area contributed by atoms with E-state index in [-0.39, 0.29) is 11.9 Å². The molecule has 0 saturated heterocycles. The van der Waals surface area contributed by atoms with Crippen LogP contribution in [0.1, 0.15) is 48.7 Å². The molecule has 0 radical (unpaired) electrons. The van der Waals surface area contributed by atoms with Gasteiger partial charge in [-0.05, 0) is 56.3 Å². The molecule has 0 bridgehead atoms. The van der Waals surface area contributed by atoms with E-state index < -0.39 is 12.1 Å². The van der Waals surface area contributed by atoms with Crippen LogP contribution in [-0.2, 0) is 9.53 Å². The lowest BCUT2D eigenvalue weighted by Crippen LogP contribution is -2.40. The number of aromatic nitrogens is 3. The predicted octanol–water partition coefficient (Wildman–Crippen LogP) is 5.06. The molecule has 0 aliphatic heterocycles. The summed E-state index contributed by atoms with van der Waals surface area (Å²) in [4.78, 5) is 31.8. The molecule has 4 aromatic rings. The standard InChI is InChI=1S/C26H26N4O3S/c1-16-23-20(26(32)33-17(2)25(31)27-18-9-6-7-10-18)15-21(22-13-8-14-34-22)28-24(23)30(29-16)19-11-4-3-5-12-19/h3-5,8,11-15,17-18H,6-7,9-10H2,1-2H3,(H,27,31). The lowest BCUT2D eigenvalue weighted by atomic mass is 10.1. The molecule has 1 amide bonds. The number of hydrogen-bond acceptors (Lipinski definition) is 6. The molecule has 3 heterocycles. The van der Waals surface area contributed by atoms with Gasteiger partial charge in [0, 0.05) is 6.04 Å². The van der Waals surface area contributed by atoms with Crippen molar-refractivity contribution in [3.05, 3.63) is 65.2 Å². The quantitative estimate of drug-likeness (QED) is 0.395. The van der Waals surface area contributed by atoms with E-state index in [0.717, 1.165) is 36.2 Å². The maximum atomic E-state index is 13.4. The fraction of sp³-hybridized carbons (Fsp3) is 0.308. The van der Waals surface area contributed by atoms with Crippen molar-refractivity contribution < 1.29 is 14.3 Å². The Hall–Kier alpha value is -3.52. The summed E-state index contributed by atoms with van der Waals surface area (Å²) in [5, 5.41) is 10.3. The number of rotatable bonds is 6. The molecule has 1 aliphatic carbocycles. The number of thiophene rings is 1. The van der Waals surface area contributed by atoms with Crippen LogP contribution in [0.15, 0.2) is 53.9 Å². The van der Waals surface area contributed by atoms with E-state index in [2.05, 4.69) is 10.4 Å². The van der Waals surface area contributed by atoms with Crippen molar-refractivity contribution in [2.45, 2.75) is 51.7 Å². The molecule has 1 aliphatic rings. The van der Waals surface area contributed by atoms with Gasteiger partial charge in [0.1, 0.15) is 0 Å². The van der Waals surface area contributed by atoms with Gasteiger partial charge in [0.05, 0.1) is 32.9 Å². The number of para-hydroxylation sites is 1. The van der Waals surface area contributed by atoms with Crippen molar-refractivity contribution >= 4 is 34.2 Å². The molecule has 3 aromatic heterocycles. The molecule has 1 N–H and O–H groups in total. The van der Waals surface area contributed by atoms with Crippen LogP contribution in [-0.4, -0.2) is 38.8 Å². The van der Waals surface area contributed by atoms with Crippen LogP contribution in [0.4, 0.5) is 0 Å². The van der Waals surface area contributed by atoms with Crippen LogP contribution >= 0.6 is 11.3 Å². The van der Waals surface area contributed by atoms with Gasteiger partial charge in [-0.1, -0.05) is 37.1 Å². The maximum absolute atomic E-state index is 13.4. The van der Waals surface area contributed by atoms with E-state index >= 15 is 0 Å². The highest BCUT2D eigenvalue weighted by atomic mass is 32.1. The minimum atomic E-state index is -0.897. The van der Waals surface area contributed by atoms with E-state index in [1.54, 1.807) is 29.0 Å². The fourth-order valence-corrected chi connectivity index (χ4v) is 5.10. The fourth-order valence-electron chi connectivity index (χ4n) is 4.42. The van der Waals surface area contributed by atoms with Crippen molar-refractivity contribution in [2.24, 2.45) is 0 Å². The number of esters is 1. The van der Waals surface area contributed by atoms with Gasteiger partial charge in [0.25, 0.3) is 5.91 Å². The number of amides is 1. The summed E-state index contributed by atoms with van der Waals surface area (Å²) in [5.41, 5.74) is 3.10. The predicted molar refractivity (Wildman–Crippen MR) is 132 cm³/mol. The SMILES string of the molecule is Cc1nn(-c2ccccc2)c2nc(-c3cccs3)cc(C(=O)OC(C)C(=O)NC3CCCC3)c12. The summed E-state index contributed by atoms with van der Waals surface area (Å²) < 4.78 is 7.39. The monoisotopic (exact) mass is 474 g/mol. The number of aryl methyl sites for hydroxylation is 1. The number of ether oxygens (including phenoxy) is 1. The molecule has 34 heavy (non-hydrogen) atoms. The highest BCUT2D eigenvalue weighted by molar-refractivity contribution is 7.13. The zero-order valence-corrected chi connectivity index (χ0v) is 20.0. The molecule has 0 spiro atoms. The molecule has 174 valence electrons. The van der Waals surface area contributed by atoms with Gasteiger partial charge in [-0.25, -0.2) is 14.5 Å². The molecule has 1 saturated carbocycles. The largest absolute Gasteiger partial charge is 0.449 e. The van der Waals surface area contributed by atoms with Crippen LogP contribution in [0.5, 0.6) is 0 Å². The Morgan fingerprint density at radius 1 is 1.15 bits per heavy atom. The van der Waals surface area contributed by atoms with Crippen molar-refractivity contribution in [3.63, 3.8) is 0 Å². The summed E-state index contributed by atoms with van der Waals surface area (Å²) in [6.45, 7) is 3.46. The first-order chi connectivity index (χ1) is 16.5. The maximum Gasteiger partial charge on any atom is 0.339 e. The van der Waals surface area contributed by atoms with Gasteiger partial charge in [0.15, 0.2) is 11.8 Å². The summed E-state index contributed by atoms with van der Waals surface area (Å²) in [7, 11) is 0. The number of pyridine rings is 1. The summed E-state index contributed by atoms with van der Waals surface area (Å²) in [6, 6.07) is 15.5. The lowest BCUT2D eigenvalue weighted by molar-refractivity contribution is -0.129. The van der Waals surface area contributed by atoms with E-state index in [9.17, 15) is 9.59 Å². The number of hydrogen-bond donors (Lipinski definition) is 1. The Morgan fingerprint density at radius 2 is 1.91 bits per heavy atom. The van der Waals surface area contributed by atoms with Gasteiger partial charge in [0.2, 0.25) is 0 Å². The number of carbonyl (C=O) groups excluding carboxylic acids is 2. The number of nitrogens with zero attached hydrogens (tertiary/aromatic N) is 3. The first-order valence-electron chi connectivity index (χ1n) is 11.5. The zero-order chi connectivity index (χ0) is 23.7. The van der Waals surface area contributed by atoms with E-state index in [4.69, 9.17) is 9.72 Å². The molecular weight excluding hydrogens is 448 g/mol. The Labute approximate surface area is 201 Å². The summed E-state index contributed by atoms with van der Waals surface area (Å²) in [6.07, 6.45) is 3.28. The highest BCUT2D eigenvalue weighted by Crippen LogP contribution is 2.31. The molecular formula is C26H26N4O3S. The van der Waals surface area contributed by atoms with Gasteiger partial charge in [-0.2, -0.15) is 5.10 Å². The van der Waals surface area contributed by atoms with Crippen molar-refractivity contribution in [1.29, 1.82) is 0 Å². The van der Waals surface area contributed by atoms with Crippen molar-refractivity contribution in [1.82, 2.24) is 20.1 Å². The van der Waals surface area contributed by atoms with Crippen LogP contribution in [0.25, 0.3) is 27.3 Å². The Bertz CT molecular complexity index is 1330. The zero-order valence-electron chi connectivity index (χ0n) is 19.2. The van der Waals surface area contributed by atoms with Crippen LogP contribution in [0.3, 0.4) is 0 Å². The third-order valence-corrected chi connectivity index (χ3v) is 7.05. The second kappa shape index (κ2) is 9.38. The number of nitrogens with one attached hydrogen (secondary N) is 1. The summed E-state index contributed by atoms with van der Waals surface area (Å²) in [5.74, 6) is -0.823. The summed E-state index contributed by atoms with van der Waals surface area (Å²) >= 11 is 1.54. The highest BCUT2D eigenvalue weighted by Gasteiger charge is 2.27. The molecule has 1 atom stereocenters. The molecule has 5 rings (SSSR count). The normalized spacial score (nSPS) is 14.9. The Kier molecular flexibility index (Phi) is 6.15. The van der Waals surface area contributed by atoms with Crippen LogP contribution < -0.4 is 5.32 Å². The number of carbonyl (C=O) groups is 2. The van der Waals surface area contributed by atoms with Gasteiger partial charge < -0.3 is 10.1 Å². The third-order valence-electron chi connectivity index (χ3n) is 6.16. The Morgan fingerprint density at radius 3 is 2.62 bits per heavy atom. The smallest absolute Gasteiger partial charge is 0.339 e. The second-order valence-corrected chi connectivity index (χ2v) is 9.55. The lowest BCUT2D eigenvalue weighted by Gasteiger charge is -2.17. The van der Waals surface area contributed by atoms with E-state index in [1.165, 1.54) is 0 Å². The average molecular weight is 475 g/mol. The van der Waals surface area contributed by atoms with Gasteiger partial charge in [-0.15, -0.1) is 11.3 Å². The minimum absolute atomic E-state index is 0.165. The van der Waals surface area contributed by atoms with Gasteiger partial charge in [-0.3, -0.25) is 4.79 Å². The molecule has 8 heteroatoms. The average Bonchev–Trinajstić information content (AvgIpc) is 3.61. The number of fused-ring (bicyclic) bond motifs is 1. The molecule has 1 aromatic carbocycles. The molecule has 1 fully saturated rings. The van der Waals surface area contributed by atoms with E-state index in [1.807, 2.05) is 54.8 Å². The van der Waals surface area contributed by atoms with Crippen LogP contribution in [0.2, 0.25) is 0 Å². The van der Waals surface area contributed by atoms with Crippen molar-refractivity contribution in [2.75, 3.05) is 0 Å². The molecule has 1 unspecified atom stereocenters. The van der Waals surface area contributed by atoms with Crippen LogP contribution in [0, 0.1) is 6.92 Å². The van der Waals surface area contributed by atoms with E-state index in [0.29, 0.717) is 28.0 Å². The first-order valence-corrected chi connectivity index (χ1v) is 12.4. The minimum Gasteiger partial charge on any atom is -0.449 e. The number of benzene rings is 1. The third kappa shape index (κ3) is 4.33. The first kappa shape index (κ1) is 22.3. The van der Waals surface area contributed by atoms with Crippen molar-refractivity contribution in [3.8, 4) is 16.3 Å². The topological polar surface area (TPSA) is 86.1 Å². The Balaban J connectivity index is 1.53.